The van der Waals surface area contributed by atoms with Gasteiger partial charge in [0.2, 0.25) is 0 Å². The van der Waals surface area contributed by atoms with Gasteiger partial charge in [-0.05, 0) is 17.9 Å². The molecule has 2 atom stereocenters. The van der Waals surface area contributed by atoms with Crippen molar-refractivity contribution in [2.75, 3.05) is 0 Å². The van der Waals surface area contributed by atoms with E-state index >= 15 is 0 Å². The van der Waals surface area contributed by atoms with Gasteiger partial charge in [0.1, 0.15) is 0 Å². The Morgan fingerprint density at radius 3 is 2.00 bits per heavy atom. The van der Waals surface area contributed by atoms with Crippen LogP contribution in [0.25, 0.3) is 0 Å². The predicted octanol–water partition coefficient (Wildman–Crippen LogP) is 5.65. The van der Waals surface area contributed by atoms with Crippen molar-refractivity contribution in [2.45, 2.75) is 83.6 Å². The number of benzene rings is 1. The van der Waals surface area contributed by atoms with Crippen LogP contribution in [0.1, 0.15) is 83.1 Å². The highest BCUT2D eigenvalue weighted by molar-refractivity contribution is 5.20. The first-order chi connectivity index (χ1) is 9.75. The van der Waals surface area contributed by atoms with Gasteiger partial charge in [0.25, 0.3) is 0 Å². The van der Waals surface area contributed by atoms with Gasteiger partial charge in [0, 0.05) is 6.04 Å². The van der Waals surface area contributed by atoms with Crippen LogP contribution < -0.4 is 5.73 Å². The first kappa shape index (κ1) is 17.2. The van der Waals surface area contributed by atoms with Crippen LogP contribution in [0.5, 0.6) is 0 Å². The molecule has 1 nitrogen and oxygen atoms in total. The summed E-state index contributed by atoms with van der Waals surface area (Å²) >= 11 is 0. The molecule has 0 aliphatic carbocycles. The zero-order valence-electron chi connectivity index (χ0n) is 13.5. The standard InChI is InChI=1S/C19H33N/c1-3-4-5-6-7-8-9-13-16-19(20)17(2)18-14-11-10-12-15-18/h10-12,14-15,17,19H,3-9,13,16,20H2,1-2H3. The Morgan fingerprint density at radius 1 is 0.850 bits per heavy atom. The molecule has 0 amide bonds. The van der Waals surface area contributed by atoms with Crippen LogP contribution >= 0.6 is 0 Å². The van der Waals surface area contributed by atoms with E-state index in [1.807, 2.05) is 0 Å². The molecular weight excluding hydrogens is 242 g/mol. The van der Waals surface area contributed by atoms with Gasteiger partial charge in [0.15, 0.2) is 0 Å². The number of hydrogen-bond acceptors (Lipinski definition) is 1. The Bertz CT molecular complexity index is 320. The largest absolute Gasteiger partial charge is 0.327 e. The Balaban J connectivity index is 2.07. The van der Waals surface area contributed by atoms with E-state index in [9.17, 15) is 0 Å². The van der Waals surface area contributed by atoms with Crippen molar-refractivity contribution >= 4 is 0 Å². The van der Waals surface area contributed by atoms with E-state index in [1.165, 1.54) is 56.9 Å². The van der Waals surface area contributed by atoms with Crippen LogP contribution in [-0.2, 0) is 0 Å². The van der Waals surface area contributed by atoms with Crippen molar-refractivity contribution in [3.8, 4) is 0 Å². The molecule has 0 saturated carbocycles. The van der Waals surface area contributed by atoms with E-state index in [2.05, 4.69) is 44.2 Å². The lowest BCUT2D eigenvalue weighted by Crippen LogP contribution is -2.26. The maximum absolute atomic E-state index is 6.33. The zero-order chi connectivity index (χ0) is 14.6. The van der Waals surface area contributed by atoms with Crippen molar-refractivity contribution in [3.63, 3.8) is 0 Å². The van der Waals surface area contributed by atoms with E-state index < -0.39 is 0 Å². The Morgan fingerprint density at radius 2 is 1.40 bits per heavy atom. The SMILES string of the molecule is CCCCCCCCCCC(N)C(C)c1ccccc1. The Kier molecular flexibility index (Phi) is 9.40. The van der Waals surface area contributed by atoms with Gasteiger partial charge in [-0.1, -0.05) is 95.5 Å². The van der Waals surface area contributed by atoms with Gasteiger partial charge in [-0.3, -0.25) is 0 Å². The number of rotatable bonds is 11. The summed E-state index contributed by atoms with van der Waals surface area (Å²) in [4.78, 5) is 0. The van der Waals surface area contributed by atoms with Crippen LogP contribution in [0, 0.1) is 0 Å². The molecule has 1 heteroatoms. The third-order valence-electron chi connectivity index (χ3n) is 4.36. The maximum atomic E-state index is 6.33. The second-order valence-electron chi connectivity index (χ2n) is 6.13. The molecule has 1 aromatic rings. The smallest absolute Gasteiger partial charge is 0.0105 e. The molecule has 0 bridgehead atoms. The lowest BCUT2D eigenvalue weighted by Gasteiger charge is -2.20. The van der Waals surface area contributed by atoms with Crippen LogP contribution in [0.15, 0.2) is 30.3 Å². The van der Waals surface area contributed by atoms with E-state index in [0.717, 1.165) is 6.42 Å². The minimum atomic E-state index is 0.303. The molecule has 114 valence electrons. The monoisotopic (exact) mass is 275 g/mol. The molecule has 0 fully saturated rings. The summed E-state index contributed by atoms with van der Waals surface area (Å²) in [7, 11) is 0. The molecule has 0 aromatic heterocycles. The highest BCUT2D eigenvalue weighted by atomic mass is 14.6. The fourth-order valence-corrected chi connectivity index (χ4v) is 2.77. The van der Waals surface area contributed by atoms with Crippen molar-refractivity contribution < 1.29 is 0 Å². The topological polar surface area (TPSA) is 26.0 Å². The van der Waals surface area contributed by atoms with Crippen molar-refractivity contribution in [1.29, 1.82) is 0 Å². The van der Waals surface area contributed by atoms with Gasteiger partial charge in [-0.15, -0.1) is 0 Å². The van der Waals surface area contributed by atoms with Crippen molar-refractivity contribution in [2.24, 2.45) is 5.73 Å². The average Bonchev–Trinajstić information content (AvgIpc) is 2.50. The summed E-state index contributed by atoms with van der Waals surface area (Å²) in [6, 6.07) is 11.0. The first-order valence-corrected chi connectivity index (χ1v) is 8.56. The summed E-state index contributed by atoms with van der Waals surface area (Å²) in [5.74, 6) is 0.473. The number of nitrogens with two attached hydrogens (primary N) is 1. The van der Waals surface area contributed by atoms with Crippen LogP contribution in [0.2, 0.25) is 0 Å². The highest BCUT2D eigenvalue weighted by Crippen LogP contribution is 2.21. The molecule has 20 heavy (non-hydrogen) atoms. The Hall–Kier alpha value is -0.820. The van der Waals surface area contributed by atoms with Crippen molar-refractivity contribution in [3.05, 3.63) is 35.9 Å². The summed E-state index contributed by atoms with van der Waals surface area (Å²) in [5, 5.41) is 0. The summed E-state index contributed by atoms with van der Waals surface area (Å²) in [6.07, 6.45) is 12.2. The van der Waals surface area contributed by atoms with E-state index in [-0.39, 0.29) is 0 Å². The first-order valence-electron chi connectivity index (χ1n) is 8.56. The second kappa shape index (κ2) is 10.9. The van der Waals surface area contributed by atoms with Gasteiger partial charge in [0.05, 0.1) is 0 Å². The molecule has 0 aliphatic rings. The molecular formula is C19H33N. The minimum Gasteiger partial charge on any atom is -0.327 e. The molecule has 0 saturated heterocycles. The van der Waals surface area contributed by atoms with Gasteiger partial charge < -0.3 is 5.73 Å². The molecule has 2 N–H and O–H groups in total. The van der Waals surface area contributed by atoms with E-state index in [0.29, 0.717) is 12.0 Å². The normalized spacial score (nSPS) is 14.2. The van der Waals surface area contributed by atoms with Gasteiger partial charge >= 0.3 is 0 Å². The quantitative estimate of drug-likeness (QED) is 0.519. The van der Waals surface area contributed by atoms with Crippen LogP contribution in [-0.4, -0.2) is 6.04 Å². The van der Waals surface area contributed by atoms with Gasteiger partial charge in [-0.2, -0.15) is 0 Å². The van der Waals surface area contributed by atoms with Crippen LogP contribution in [0.3, 0.4) is 0 Å². The predicted molar refractivity (Wildman–Crippen MR) is 90.1 cm³/mol. The maximum Gasteiger partial charge on any atom is 0.0105 e. The second-order valence-corrected chi connectivity index (χ2v) is 6.13. The minimum absolute atomic E-state index is 0.303. The average molecular weight is 275 g/mol. The van der Waals surface area contributed by atoms with E-state index in [1.54, 1.807) is 0 Å². The van der Waals surface area contributed by atoms with Crippen molar-refractivity contribution in [1.82, 2.24) is 0 Å². The molecule has 0 spiro atoms. The Labute approximate surface area is 126 Å². The third kappa shape index (κ3) is 7.09. The zero-order valence-corrected chi connectivity index (χ0v) is 13.5. The summed E-state index contributed by atoms with van der Waals surface area (Å²) in [6.45, 7) is 4.53. The molecule has 0 aliphatic heterocycles. The molecule has 2 unspecified atom stereocenters. The summed E-state index contributed by atoms with van der Waals surface area (Å²) in [5.41, 5.74) is 7.70. The summed E-state index contributed by atoms with van der Waals surface area (Å²) < 4.78 is 0. The van der Waals surface area contributed by atoms with Crippen LogP contribution in [0.4, 0.5) is 0 Å². The molecule has 0 radical (unpaired) electrons. The highest BCUT2D eigenvalue weighted by Gasteiger charge is 2.13. The molecule has 0 heterocycles. The number of unbranched alkanes of at least 4 members (excludes halogenated alkanes) is 7. The third-order valence-corrected chi connectivity index (χ3v) is 4.36. The van der Waals surface area contributed by atoms with E-state index in [4.69, 9.17) is 5.73 Å². The fraction of sp³-hybridized carbons (Fsp3) is 0.684. The number of hydrogen-bond donors (Lipinski definition) is 1. The lowest BCUT2D eigenvalue weighted by molar-refractivity contribution is 0.484. The fourth-order valence-electron chi connectivity index (χ4n) is 2.77. The van der Waals surface area contributed by atoms with Gasteiger partial charge in [-0.25, -0.2) is 0 Å². The lowest BCUT2D eigenvalue weighted by atomic mass is 9.90. The molecule has 1 aromatic carbocycles. The molecule has 1 rings (SSSR count).